The normalized spacial score (nSPS) is 11.3. The van der Waals surface area contributed by atoms with E-state index in [4.69, 9.17) is 9.47 Å². The fourth-order valence-corrected chi connectivity index (χ4v) is 1.82. The predicted molar refractivity (Wildman–Crippen MR) is 83.3 cm³/mol. The molecule has 0 heterocycles. The molecule has 1 rings (SSSR count). The summed E-state index contributed by atoms with van der Waals surface area (Å²) in [5, 5.41) is 3.45. The average molecular weight is 280 g/mol. The van der Waals surface area contributed by atoms with Crippen molar-refractivity contribution in [2.24, 2.45) is 0 Å². The van der Waals surface area contributed by atoms with Crippen LogP contribution < -0.4 is 10.1 Å². The Morgan fingerprint density at radius 1 is 1.15 bits per heavy atom. The Labute approximate surface area is 123 Å². The average Bonchev–Trinajstić information content (AvgIpc) is 2.42. The van der Waals surface area contributed by atoms with Gasteiger partial charge in [0.15, 0.2) is 0 Å². The van der Waals surface area contributed by atoms with Crippen molar-refractivity contribution in [1.82, 2.24) is 10.2 Å². The van der Waals surface area contributed by atoms with Gasteiger partial charge >= 0.3 is 0 Å². The lowest BCUT2D eigenvalue weighted by Gasteiger charge is -2.16. The van der Waals surface area contributed by atoms with Gasteiger partial charge in [-0.15, -0.1) is 0 Å². The van der Waals surface area contributed by atoms with Crippen molar-refractivity contribution in [1.29, 1.82) is 0 Å². The molecule has 0 aliphatic carbocycles. The van der Waals surface area contributed by atoms with E-state index in [1.807, 2.05) is 26.0 Å². The molecule has 114 valence electrons. The van der Waals surface area contributed by atoms with Gasteiger partial charge in [-0.05, 0) is 38.6 Å². The third kappa shape index (κ3) is 7.48. The van der Waals surface area contributed by atoms with Gasteiger partial charge in [-0.2, -0.15) is 0 Å². The summed E-state index contributed by atoms with van der Waals surface area (Å²) < 4.78 is 10.7. The minimum atomic E-state index is 0.224. The first-order chi connectivity index (χ1) is 9.61. The molecular formula is C16H28N2O2. The summed E-state index contributed by atoms with van der Waals surface area (Å²) in [5.41, 5.74) is 1.28. The van der Waals surface area contributed by atoms with E-state index < -0.39 is 0 Å². The summed E-state index contributed by atoms with van der Waals surface area (Å²) in [4.78, 5) is 2.26. The number of hydrogen-bond acceptors (Lipinski definition) is 4. The van der Waals surface area contributed by atoms with E-state index in [2.05, 4.69) is 29.4 Å². The van der Waals surface area contributed by atoms with E-state index in [9.17, 15) is 0 Å². The van der Waals surface area contributed by atoms with Crippen molar-refractivity contribution < 1.29 is 9.47 Å². The van der Waals surface area contributed by atoms with Crippen molar-refractivity contribution in [3.05, 3.63) is 29.8 Å². The van der Waals surface area contributed by atoms with Crippen LogP contribution in [0.15, 0.2) is 24.3 Å². The first-order valence-corrected chi connectivity index (χ1v) is 7.25. The third-order valence-corrected chi connectivity index (χ3v) is 2.97. The maximum atomic E-state index is 5.62. The molecule has 0 amide bonds. The lowest BCUT2D eigenvalue weighted by atomic mass is 10.2. The maximum Gasteiger partial charge on any atom is 0.119 e. The summed E-state index contributed by atoms with van der Waals surface area (Å²) in [6.07, 6.45) is 0.224. The Morgan fingerprint density at radius 2 is 1.85 bits per heavy atom. The smallest absolute Gasteiger partial charge is 0.119 e. The second-order valence-electron chi connectivity index (χ2n) is 5.28. The molecule has 1 aromatic rings. The minimum absolute atomic E-state index is 0.224. The molecule has 4 nitrogen and oxygen atoms in total. The number of nitrogens with one attached hydrogen (secondary N) is 1. The van der Waals surface area contributed by atoms with Crippen molar-refractivity contribution in [3.8, 4) is 5.75 Å². The Balaban J connectivity index is 2.18. The van der Waals surface area contributed by atoms with E-state index >= 15 is 0 Å². The SMILES string of the molecule is COCCN(C)CCNCc1ccc(OC(C)C)cc1. The summed E-state index contributed by atoms with van der Waals surface area (Å²) in [6, 6.07) is 8.28. The van der Waals surface area contributed by atoms with E-state index in [0.29, 0.717) is 0 Å². The zero-order chi connectivity index (χ0) is 14.8. The largest absolute Gasteiger partial charge is 0.491 e. The quantitative estimate of drug-likeness (QED) is 0.666. The van der Waals surface area contributed by atoms with Gasteiger partial charge in [0.05, 0.1) is 12.7 Å². The number of likely N-dealkylation sites (N-methyl/N-ethyl adjacent to an activating group) is 1. The van der Waals surface area contributed by atoms with Gasteiger partial charge in [0.2, 0.25) is 0 Å². The molecule has 0 aliphatic heterocycles. The first-order valence-electron chi connectivity index (χ1n) is 7.25. The highest BCUT2D eigenvalue weighted by Crippen LogP contribution is 2.13. The zero-order valence-electron chi connectivity index (χ0n) is 13.2. The molecule has 20 heavy (non-hydrogen) atoms. The monoisotopic (exact) mass is 280 g/mol. The molecular weight excluding hydrogens is 252 g/mol. The zero-order valence-corrected chi connectivity index (χ0v) is 13.2. The molecule has 0 radical (unpaired) electrons. The number of ether oxygens (including phenoxy) is 2. The lowest BCUT2D eigenvalue weighted by molar-refractivity contribution is 0.161. The Kier molecular flexibility index (Phi) is 8.26. The molecule has 1 N–H and O–H groups in total. The van der Waals surface area contributed by atoms with Crippen LogP contribution >= 0.6 is 0 Å². The molecule has 0 saturated heterocycles. The van der Waals surface area contributed by atoms with Crippen molar-refractivity contribution in [3.63, 3.8) is 0 Å². The number of methoxy groups -OCH3 is 1. The number of nitrogens with zero attached hydrogens (tertiary/aromatic N) is 1. The first kappa shape index (κ1) is 17.0. The number of rotatable bonds is 10. The Morgan fingerprint density at radius 3 is 2.45 bits per heavy atom. The summed E-state index contributed by atoms with van der Waals surface area (Å²) in [5.74, 6) is 0.933. The van der Waals surface area contributed by atoms with Gasteiger partial charge in [0.25, 0.3) is 0 Å². The standard InChI is InChI=1S/C16H28N2O2/c1-14(2)20-16-7-5-15(6-8-16)13-17-9-10-18(3)11-12-19-4/h5-8,14,17H,9-13H2,1-4H3. The fourth-order valence-electron chi connectivity index (χ4n) is 1.82. The van der Waals surface area contributed by atoms with Crippen molar-refractivity contribution in [2.45, 2.75) is 26.5 Å². The van der Waals surface area contributed by atoms with Crippen LogP contribution in [0.4, 0.5) is 0 Å². The van der Waals surface area contributed by atoms with Gasteiger partial charge in [-0.3, -0.25) is 0 Å². The predicted octanol–water partition coefficient (Wildman–Crippen LogP) is 2.14. The number of benzene rings is 1. The molecule has 0 aromatic heterocycles. The lowest BCUT2D eigenvalue weighted by Crippen LogP contribution is -2.31. The molecule has 1 aromatic carbocycles. The van der Waals surface area contributed by atoms with Crippen LogP contribution in [-0.2, 0) is 11.3 Å². The van der Waals surface area contributed by atoms with Crippen molar-refractivity contribution in [2.75, 3.05) is 40.4 Å². The van der Waals surface area contributed by atoms with Crippen LogP contribution in [0.5, 0.6) is 5.75 Å². The van der Waals surface area contributed by atoms with Crippen LogP contribution in [0.25, 0.3) is 0 Å². The van der Waals surface area contributed by atoms with Crippen LogP contribution in [0.1, 0.15) is 19.4 Å². The maximum absolute atomic E-state index is 5.62. The molecule has 0 unspecified atom stereocenters. The summed E-state index contributed by atoms with van der Waals surface area (Å²) >= 11 is 0. The summed E-state index contributed by atoms with van der Waals surface area (Å²) in [6.45, 7) is 8.72. The van der Waals surface area contributed by atoms with Crippen molar-refractivity contribution >= 4 is 0 Å². The van der Waals surface area contributed by atoms with Crippen LogP contribution in [0, 0.1) is 0 Å². The van der Waals surface area contributed by atoms with Gasteiger partial charge in [-0.25, -0.2) is 0 Å². The second-order valence-corrected chi connectivity index (χ2v) is 5.28. The topological polar surface area (TPSA) is 33.7 Å². The molecule has 0 atom stereocenters. The molecule has 0 fully saturated rings. The molecule has 0 spiro atoms. The fraction of sp³-hybridized carbons (Fsp3) is 0.625. The second kappa shape index (κ2) is 9.75. The van der Waals surface area contributed by atoms with Crippen LogP contribution in [0.3, 0.4) is 0 Å². The highest BCUT2D eigenvalue weighted by atomic mass is 16.5. The van der Waals surface area contributed by atoms with Gasteiger partial charge < -0.3 is 19.7 Å². The van der Waals surface area contributed by atoms with E-state index in [1.165, 1.54) is 5.56 Å². The molecule has 0 bridgehead atoms. The van der Waals surface area contributed by atoms with Gasteiger partial charge in [0.1, 0.15) is 5.75 Å². The van der Waals surface area contributed by atoms with Gasteiger partial charge in [-0.1, -0.05) is 12.1 Å². The number of hydrogen-bond donors (Lipinski definition) is 1. The van der Waals surface area contributed by atoms with Crippen LogP contribution in [0.2, 0.25) is 0 Å². The minimum Gasteiger partial charge on any atom is -0.491 e. The Hall–Kier alpha value is -1.10. The highest BCUT2D eigenvalue weighted by Gasteiger charge is 1.99. The highest BCUT2D eigenvalue weighted by molar-refractivity contribution is 5.27. The molecule has 4 heteroatoms. The van der Waals surface area contributed by atoms with E-state index in [1.54, 1.807) is 7.11 Å². The summed E-state index contributed by atoms with van der Waals surface area (Å²) in [7, 11) is 3.84. The molecule has 0 saturated carbocycles. The third-order valence-electron chi connectivity index (χ3n) is 2.97. The Bertz CT molecular complexity index is 352. The molecule has 0 aliphatic rings. The van der Waals surface area contributed by atoms with E-state index in [-0.39, 0.29) is 6.10 Å². The van der Waals surface area contributed by atoms with Gasteiger partial charge in [0, 0.05) is 33.3 Å². The van der Waals surface area contributed by atoms with E-state index in [0.717, 1.165) is 38.5 Å². The van der Waals surface area contributed by atoms with Crippen LogP contribution in [-0.4, -0.2) is 51.4 Å².